The Kier molecular flexibility index (Phi) is 11.5. The smallest absolute Gasteiger partial charge is 0.227 e. The third-order valence-electron chi connectivity index (χ3n) is 14.8. The summed E-state index contributed by atoms with van der Waals surface area (Å²) >= 11 is 0. The maximum Gasteiger partial charge on any atom is 0.227 e. The number of oxazole rings is 2. The molecule has 8 heteroatoms. The fourth-order valence-corrected chi connectivity index (χ4v) is 10.3. The second-order valence-corrected chi connectivity index (χ2v) is 22.2. The van der Waals surface area contributed by atoms with E-state index in [4.69, 9.17) is 29.0 Å². The SMILES string of the molecule is Cc1ccc2oc(-c3ccc(N4N=C(c5ccc(C(C)(C)C)cc5)CC4c4ccc(-c5ccc(C6CC(c7ccc(C(C)(C)C)cc7)=NN6c6ccc(-c7nc8cc(C)ccc8o7)cc6)cc5)cc4)cc3)nc2c1. The average Bonchev–Trinajstić information content (AvgIpc) is 4.24. The van der Waals surface area contributed by atoms with E-state index in [-0.39, 0.29) is 22.9 Å². The van der Waals surface area contributed by atoms with Crippen LogP contribution in [0.4, 0.5) is 11.4 Å². The Hall–Kier alpha value is -8.36. The van der Waals surface area contributed by atoms with Gasteiger partial charge in [0, 0.05) is 24.0 Å². The van der Waals surface area contributed by atoms with Crippen LogP contribution in [0.5, 0.6) is 0 Å². The molecule has 0 aliphatic carbocycles. The third kappa shape index (κ3) is 9.10. The summed E-state index contributed by atoms with van der Waals surface area (Å²) in [5.41, 5.74) is 21.4. The van der Waals surface area contributed by atoms with Crippen LogP contribution in [-0.2, 0) is 10.8 Å². The van der Waals surface area contributed by atoms with Gasteiger partial charge in [0.15, 0.2) is 11.2 Å². The molecule has 2 unspecified atom stereocenters. The van der Waals surface area contributed by atoms with Gasteiger partial charge in [-0.1, -0.05) is 151 Å². The highest BCUT2D eigenvalue weighted by Crippen LogP contribution is 2.41. The number of aryl methyl sites for hydroxylation is 2. The van der Waals surface area contributed by atoms with Crippen molar-refractivity contribution in [2.75, 3.05) is 10.0 Å². The molecule has 0 spiro atoms. The number of aromatic nitrogens is 2. The lowest BCUT2D eigenvalue weighted by Gasteiger charge is -2.25. The van der Waals surface area contributed by atoms with E-state index in [9.17, 15) is 0 Å². The maximum atomic E-state index is 6.17. The van der Waals surface area contributed by atoms with Crippen LogP contribution in [0.2, 0.25) is 0 Å². The minimum Gasteiger partial charge on any atom is -0.436 e. The number of benzene rings is 8. The molecule has 2 aromatic heterocycles. The van der Waals surface area contributed by atoms with Gasteiger partial charge in [-0.3, -0.25) is 10.0 Å². The summed E-state index contributed by atoms with van der Waals surface area (Å²) in [4.78, 5) is 9.61. The summed E-state index contributed by atoms with van der Waals surface area (Å²) in [5, 5.41) is 15.0. The largest absolute Gasteiger partial charge is 0.436 e. The molecule has 2 atom stereocenters. The highest BCUT2D eigenvalue weighted by atomic mass is 16.4. The molecule has 2 aliphatic rings. The van der Waals surface area contributed by atoms with E-state index in [1.807, 2.05) is 12.1 Å². The molecule has 12 rings (SSSR count). The van der Waals surface area contributed by atoms with Crippen molar-refractivity contribution in [3.05, 3.63) is 226 Å². The first-order chi connectivity index (χ1) is 35.7. The molecular weight excluding hydrogens is 909 g/mol. The number of rotatable bonds is 9. The molecule has 0 fully saturated rings. The molecule has 0 radical (unpaired) electrons. The molecule has 0 N–H and O–H groups in total. The van der Waals surface area contributed by atoms with Crippen molar-refractivity contribution in [2.45, 2.75) is 91.1 Å². The Morgan fingerprint density at radius 2 is 0.730 bits per heavy atom. The summed E-state index contributed by atoms with van der Waals surface area (Å²) in [6.07, 6.45) is 1.55. The van der Waals surface area contributed by atoms with Crippen molar-refractivity contribution < 1.29 is 8.83 Å². The van der Waals surface area contributed by atoms with Crippen LogP contribution in [0.1, 0.15) is 111 Å². The van der Waals surface area contributed by atoms with Gasteiger partial charge in [-0.2, -0.15) is 10.2 Å². The summed E-state index contributed by atoms with van der Waals surface area (Å²) in [6.45, 7) is 17.7. The van der Waals surface area contributed by atoms with E-state index >= 15 is 0 Å². The lowest BCUT2D eigenvalue weighted by molar-refractivity contribution is 0.590. The van der Waals surface area contributed by atoms with Crippen LogP contribution in [0.15, 0.2) is 201 Å². The molecule has 366 valence electrons. The average molecular weight is 969 g/mol. The third-order valence-corrected chi connectivity index (χ3v) is 14.8. The van der Waals surface area contributed by atoms with Gasteiger partial charge in [0.1, 0.15) is 11.0 Å². The number of hydrogen-bond donors (Lipinski definition) is 0. The predicted molar refractivity (Wildman–Crippen MR) is 303 cm³/mol. The second-order valence-electron chi connectivity index (χ2n) is 22.2. The van der Waals surface area contributed by atoms with Gasteiger partial charge < -0.3 is 8.83 Å². The fourth-order valence-electron chi connectivity index (χ4n) is 10.3. The highest BCUT2D eigenvalue weighted by molar-refractivity contribution is 6.04. The molecule has 10 aromatic rings. The van der Waals surface area contributed by atoms with Crippen molar-refractivity contribution in [3.8, 4) is 34.0 Å². The standard InChI is InChI=1S/C66H60N6O2/c1-41-9-35-61-57(37-41)67-63(73-61)49-23-31-53(32-24-49)71-59(39-55(69-71)45-19-27-51(28-20-45)65(3,4)5)47-15-11-43(12-16-47)44-13-17-48(18-14-44)60-40-56(46-21-29-52(30-22-46)66(6,7)8)70-72(60)54-33-25-50(26-34-54)64-68-58-38-42(2)10-36-62(58)74-64/h9-38,59-60H,39-40H2,1-8H3. The second kappa shape index (κ2) is 18.3. The van der Waals surface area contributed by atoms with Crippen LogP contribution < -0.4 is 10.0 Å². The van der Waals surface area contributed by atoms with Gasteiger partial charge in [-0.25, -0.2) is 9.97 Å². The normalized spacial score (nSPS) is 16.1. The van der Waals surface area contributed by atoms with E-state index < -0.39 is 0 Å². The van der Waals surface area contributed by atoms with Crippen LogP contribution >= 0.6 is 0 Å². The zero-order chi connectivity index (χ0) is 50.9. The Bertz CT molecular complexity index is 3490. The summed E-state index contributed by atoms with van der Waals surface area (Å²) in [5.74, 6) is 1.22. The zero-order valence-corrected chi connectivity index (χ0v) is 43.4. The van der Waals surface area contributed by atoms with Gasteiger partial charge in [0.05, 0.1) is 34.9 Å². The van der Waals surface area contributed by atoms with Crippen molar-refractivity contribution >= 4 is 45.0 Å². The van der Waals surface area contributed by atoms with Gasteiger partial charge in [0.25, 0.3) is 0 Å². The Morgan fingerprint density at radius 3 is 1.08 bits per heavy atom. The molecule has 0 saturated carbocycles. The summed E-state index contributed by atoms with van der Waals surface area (Å²) in [6, 6.07) is 65.0. The van der Waals surface area contributed by atoms with Crippen molar-refractivity contribution in [1.29, 1.82) is 0 Å². The predicted octanol–water partition coefficient (Wildman–Crippen LogP) is 16.9. The van der Waals surface area contributed by atoms with E-state index in [1.54, 1.807) is 0 Å². The van der Waals surface area contributed by atoms with Crippen molar-refractivity contribution in [3.63, 3.8) is 0 Å². The molecule has 0 saturated heterocycles. The first kappa shape index (κ1) is 46.7. The minimum absolute atomic E-state index is 0.00221. The first-order valence-electron chi connectivity index (χ1n) is 25.8. The zero-order valence-electron chi connectivity index (χ0n) is 43.4. The lowest BCUT2D eigenvalue weighted by Crippen LogP contribution is -2.18. The van der Waals surface area contributed by atoms with E-state index in [1.165, 1.54) is 22.3 Å². The van der Waals surface area contributed by atoms with E-state index in [0.717, 1.165) is 102 Å². The number of hydrazone groups is 2. The molecule has 0 bridgehead atoms. The van der Waals surface area contributed by atoms with E-state index in [0.29, 0.717) is 11.8 Å². The van der Waals surface area contributed by atoms with Gasteiger partial charge in [-0.15, -0.1) is 0 Å². The summed E-state index contributed by atoms with van der Waals surface area (Å²) < 4.78 is 12.3. The molecular formula is C66H60N6O2. The number of fused-ring (bicyclic) bond motifs is 2. The fraction of sp³-hybridized carbons (Fsp3) is 0.212. The Labute approximate surface area is 433 Å². The molecule has 8 aromatic carbocycles. The topological polar surface area (TPSA) is 83.3 Å². The number of nitrogens with zero attached hydrogens (tertiary/aromatic N) is 6. The maximum absolute atomic E-state index is 6.17. The van der Waals surface area contributed by atoms with Gasteiger partial charge in [0.2, 0.25) is 11.8 Å². The highest BCUT2D eigenvalue weighted by Gasteiger charge is 2.32. The van der Waals surface area contributed by atoms with Crippen molar-refractivity contribution in [1.82, 2.24) is 9.97 Å². The molecule has 74 heavy (non-hydrogen) atoms. The summed E-state index contributed by atoms with van der Waals surface area (Å²) in [7, 11) is 0. The molecule has 2 aliphatic heterocycles. The first-order valence-corrected chi connectivity index (χ1v) is 25.8. The van der Waals surface area contributed by atoms with Crippen LogP contribution in [0.3, 0.4) is 0 Å². The van der Waals surface area contributed by atoms with Crippen molar-refractivity contribution in [2.24, 2.45) is 10.2 Å². The Morgan fingerprint density at radius 1 is 0.392 bits per heavy atom. The number of hydrogen-bond acceptors (Lipinski definition) is 8. The monoisotopic (exact) mass is 968 g/mol. The van der Waals surface area contributed by atoms with Gasteiger partial charge in [-0.05, 0) is 153 Å². The van der Waals surface area contributed by atoms with E-state index in [2.05, 4.69) is 235 Å². The van der Waals surface area contributed by atoms with Crippen LogP contribution in [0, 0.1) is 13.8 Å². The minimum atomic E-state index is 0.00221. The number of anilines is 2. The Balaban J connectivity index is 0.815. The quantitative estimate of drug-likeness (QED) is 0.143. The van der Waals surface area contributed by atoms with Crippen LogP contribution in [0.25, 0.3) is 56.2 Å². The van der Waals surface area contributed by atoms with Gasteiger partial charge >= 0.3 is 0 Å². The molecule has 4 heterocycles. The van der Waals surface area contributed by atoms with Crippen LogP contribution in [-0.4, -0.2) is 21.4 Å². The molecule has 0 amide bonds. The lowest BCUT2D eigenvalue weighted by atomic mass is 9.86. The molecule has 8 nitrogen and oxygen atoms in total.